The van der Waals surface area contributed by atoms with Gasteiger partial charge in [-0.1, -0.05) is 59.6 Å². The number of hydrogen-bond donors (Lipinski definition) is 5. The first-order valence-electron chi connectivity index (χ1n) is 13.9. The van der Waals surface area contributed by atoms with E-state index in [1.165, 1.54) is 48.5 Å². The van der Waals surface area contributed by atoms with Crippen molar-refractivity contribution in [2.24, 2.45) is 10.2 Å². The summed E-state index contributed by atoms with van der Waals surface area (Å²) in [6.45, 7) is 1.51. The molecular weight excluding hydrogens is 703 g/mol. The molecule has 0 atom stereocenters. The van der Waals surface area contributed by atoms with Crippen molar-refractivity contribution in [3.8, 4) is 5.75 Å². The number of aromatic hydroxyl groups is 1. The van der Waals surface area contributed by atoms with E-state index in [1.807, 2.05) is 0 Å². The van der Waals surface area contributed by atoms with Gasteiger partial charge in [-0.15, -0.1) is 10.2 Å². The van der Waals surface area contributed by atoms with Gasteiger partial charge in [0.25, 0.3) is 20.1 Å². The van der Waals surface area contributed by atoms with Gasteiger partial charge in [0.2, 0.25) is 0 Å². The number of fused-ring (bicyclic) bond motifs is 1. The Labute approximate surface area is 285 Å². The summed E-state index contributed by atoms with van der Waals surface area (Å²) in [5, 5.41) is 24.3. The average molecular weight is 730 g/mol. The Kier molecular flexibility index (Phi) is 9.79. The first-order chi connectivity index (χ1) is 22.7. The fourth-order valence-corrected chi connectivity index (χ4v) is 7.42. The number of hydrogen-bond acceptors (Lipinski definition) is 9. The minimum atomic E-state index is -4.63. The Hall–Kier alpha value is -4.93. The summed E-state index contributed by atoms with van der Waals surface area (Å²) in [5.74, 6) is -0.554. The van der Waals surface area contributed by atoms with Crippen molar-refractivity contribution >= 4 is 94.3 Å². The second-order valence-electron chi connectivity index (χ2n) is 10.1. The van der Waals surface area contributed by atoms with Gasteiger partial charge >= 0.3 is 6.03 Å². The second kappa shape index (κ2) is 13.7. The molecule has 0 radical (unpaired) electrons. The number of nitrogens with one attached hydrogen (secondary N) is 2. The molecule has 17 heteroatoms. The maximum absolute atomic E-state index is 14.1. The topological polar surface area (TPSA) is 204 Å². The average Bonchev–Trinajstić information content (AvgIpc) is 3.03. The molecule has 2 amide bonds. The molecule has 5 rings (SSSR count). The molecular formula is C31H26Cl2N6O7S2. The van der Waals surface area contributed by atoms with Crippen LogP contribution in [0, 0.1) is 0 Å². The molecule has 13 nitrogen and oxygen atoms in total. The predicted molar refractivity (Wildman–Crippen MR) is 186 cm³/mol. The van der Waals surface area contributed by atoms with Gasteiger partial charge in [-0.2, -0.15) is 8.42 Å². The maximum Gasteiger partial charge on any atom is 0.323 e. The molecule has 0 fully saturated rings. The summed E-state index contributed by atoms with van der Waals surface area (Å²) >= 11 is 13.0. The normalized spacial score (nSPS) is 11.9. The Morgan fingerprint density at radius 2 is 1.56 bits per heavy atom. The number of nitrogens with zero attached hydrogens (tertiary/aromatic N) is 3. The largest absolute Gasteiger partial charge is 0.507 e. The quantitative estimate of drug-likeness (QED) is 0.0571. The van der Waals surface area contributed by atoms with Crippen LogP contribution in [0.25, 0.3) is 10.8 Å². The number of azo groups is 1. The van der Waals surface area contributed by atoms with E-state index in [9.17, 15) is 31.3 Å². The van der Waals surface area contributed by atoms with Crippen LogP contribution in [0.4, 0.5) is 38.9 Å². The molecule has 0 aliphatic heterocycles. The summed E-state index contributed by atoms with van der Waals surface area (Å²) in [6.07, 6.45) is 0. The van der Waals surface area contributed by atoms with E-state index in [2.05, 4.69) is 20.9 Å². The monoisotopic (exact) mass is 728 g/mol. The van der Waals surface area contributed by atoms with Crippen molar-refractivity contribution < 1.29 is 31.3 Å². The van der Waals surface area contributed by atoms with Gasteiger partial charge in [-0.3, -0.25) is 8.86 Å². The van der Waals surface area contributed by atoms with E-state index < -0.39 is 36.8 Å². The summed E-state index contributed by atoms with van der Waals surface area (Å²) in [5.41, 5.74) is 6.70. The number of nitrogen functional groups attached to an aromatic ring is 1. The number of sulfonamides is 1. The highest BCUT2D eigenvalue weighted by Gasteiger charge is 2.29. The van der Waals surface area contributed by atoms with Crippen LogP contribution in [0.5, 0.6) is 5.75 Å². The van der Waals surface area contributed by atoms with Gasteiger partial charge in [0.15, 0.2) is 0 Å². The maximum atomic E-state index is 14.1. The molecule has 0 bridgehead atoms. The minimum Gasteiger partial charge on any atom is -0.507 e. The Balaban J connectivity index is 1.49. The van der Waals surface area contributed by atoms with E-state index >= 15 is 0 Å². The van der Waals surface area contributed by atoms with Gasteiger partial charge in [-0.05, 0) is 60.8 Å². The number of carbonyl (C=O) groups excluding carboxylic acids is 1. The van der Waals surface area contributed by atoms with Crippen LogP contribution in [-0.2, 0) is 20.1 Å². The molecule has 48 heavy (non-hydrogen) atoms. The van der Waals surface area contributed by atoms with Gasteiger partial charge in [0.05, 0.1) is 37.4 Å². The number of rotatable bonds is 9. The molecule has 5 aromatic carbocycles. The van der Waals surface area contributed by atoms with Gasteiger partial charge in [-0.25, -0.2) is 13.2 Å². The number of halogens is 2. The fourth-order valence-electron chi connectivity index (χ4n) is 4.75. The molecule has 0 unspecified atom stereocenters. The number of benzene rings is 5. The standard InChI is InChI=1S/C31H26Cl2N6O7S2/c1-2-39(26-17-21(32)25(16-22(26)33)36-31(41)35-19-8-4-3-5-9-19)47(42,43)28-11-7-6-10-24(28)37-38-30-23(34)13-12-18-14-20(48(44,45)46)15-27(40)29(18)30/h3-17,40H,2,34H2,1H3,(H2,35,36,41)(H,44,45,46). The molecule has 5 aromatic rings. The van der Waals surface area contributed by atoms with Crippen molar-refractivity contribution in [1.82, 2.24) is 0 Å². The van der Waals surface area contributed by atoms with Crippen molar-refractivity contribution in [2.75, 3.05) is 27.2 Å². The highest BCUT2D eigenvalue weighted by molar-refractivity contribution is 7.93. The molecule has 0 saturated heterocycles. The van der Waals surface area contributed by atoms with E-state index in [-0.39, 0.29) is 60.7 Å². The first-order valence-corrected chi connectivity index (χ1v) is 17.5. The van der Waals surface area contributed by atoms with Crippen LogP contribution in [0.15, 0.2) is 111 Å². The third kappa shape index (κ3) is 7.14. The molecule has 0 aliphatic rings. The predicted octanol–water partition coefficient (Wildman–Crippen LogP) is 7.96. The highest BCUT2D eigenvalue weighted by atomic mass is 35.5. The summed E-state index contributed by atoms with van der Waals surface area (Å²) in [4.78, 5) is 11.7. The van der Waals surface area contributed by atoms with Crippen LogP contribution in [0.3, 0.4) is 0 Å². The van der Waals surface area contributed by atoms with Crippen molar-refractivity contribution in [1.29, 1.82) is 0 Å². The van der Waals surface area contributed by atoms with Crippen LogP contribution in [0.1, 0.15) is 6.92 Å². The Morgan fingerprint density at radius 3 is 2.25 bits per heavy atom. The van der Waals surface area contributed by atoms with Crippen molar-refractivity contribution in [2.45, 2.75) is 16.7 Å². The number of amides is 2. The second-order valence-corrected chi connectivity index (χ2v) is 14.2. The number of urea groups is 1. The summed E-state index contributed by atoms with van der Waals surface area (Å²) in [6, 6.07) is 21.2. The zero-order valence-corrected chi connectivity index (χ0v) is 27.9. The zero-order valence-electron chi connectivity index (χ0n) is 24.8. The van der Waals surface area contributed by atoms with Crippen molar-refractivity contribution in [3.63, 3.8) is 0 Å². The Bertz CT molecular complexity index is 2310. The smallest absolute Gasteiger partial charge is 0.323 e. The van der Waals surface area contributed by atoms with E-state index in [0.717, 1.165) is 16.4 Å². The number of carbonyl (C=O) groups is 1. The number of phenolic OH excluding ortho intramolecular Hbond substituents is 1. The van der Waals surface area contributed by atoms with Crippen molar-refractivity contribution in [3.05, 3.63) is 101 Å². The summed E-state index contributed by atoms with van der Waals surface area (Å²) in [7, 11) is -9.01. The van der Waals surface area contributed by atoms with Crippen LogP contribution >= 0.6 is 23.2 Å². The minimum absolute atomic E-state index is 0.0163. The fraction of sp³-hybridized carbons (Fsp3) is 0.0645. The highest BCUT2D eigenvalue weighted by Crippen LogP contribution is 2.42. The van der Waals surface area contributed by atoms with Crippen LogP contribution in [0.2, 0.25) is 10.0 Å². The molecule has 0 aliphatic carbocycles. The van der Waals surface area contributed by atoms with E-state index in [4.69, 9.17) is 28.9 Å². The molecule has 0 heterocycles. The lowest BCUT2D eigenvalue weighted by atomic mass is 10.1. The molecule has 6 N–H and O–H groups in total. The molecule has 248 valence electrons. The van der Waals surface area contributed by atoms with Gasteiger partial charge < -0.3 is 21.5 Å². The number of anilines is 4. The third-order valence-corrected chi connectivity index (χ3v) is 10.3. The Morgan fingerprint density at radius 1 is 0.875 bits per heavy atom. The molecule has 0 spiro atoms. The molecule has 0 saturated carbocycles. The van der Waals surface area contributed by atoms with Gasteiger partial charge in [0, 0.05) is 18.3 Å². The zero-order chi connectivity index (χ0) is 34.8. The van der Waals surface area contributed by atoms with Crippen LogP contribution in [-0.4, -0.2) is 39.1 Å². The number of para-hydroxylation sites is 1. The lowest BCUT2D eigenvalue weighted by Gasteiger charge is -2.25. The van der Waals surface area contributed by atoms with E-state index in [0.29, 0.717) is 5.69 Å². The first kappa shape index (κ1) is 34.4. The molecule has 0 aromatic heterocycles. The van der Waals surface area contributed by atoms with Crippen LogP contribution < -0.4 is 20.7 Å². The number of phenols is 1. The van der Waals surface area contributed by atoms with Gasteiger partial charge in [0.1, 0.15) is 22.0 Å². The van der Waals surface area contributed by atoms with E-state index in [1.54, 1.807) is 37.3 Å². The lowest BCUT2D eigenvalue weighted by Crippen LogP contribution is -2.31. The SMILES string of the molecule is CCN(c1cc(Cl)c(NC(=O)Nc2ccccc2)cc1Cl)S(=O)(=O)c1ccccc1N=Nc1c(N)ccc2cc(S(=O)(=O)O)cc(O)c12. The lowest BCUT2D eigenvalue weighted by molar-refractivity contribution is 0.262. The third-order valence-electron chi connectivity index (χ3n) is 6.94. The summed E-state index contributed by atoms with van der Waals surface area (Å²) < 4.78 is 61.9. The number of nitrogens with two attached hydrogens (primary N) is 1.